The smallest absolute Gasteiger partial charge is 0.255 e. The van der Waals surface area contributed by atoms with Crippen molar-refractivity contribution < 1.29 is 4.79 Å². The highest BCUT2D eigenvalue weighted by molar-refractivity contribution is 5.95. The van der Waals surface area contributed by atoms with Crippen molar-refractivity contribution in [3.8, 4) is 0 Å². The molecule has 0 aliphatic heterocycles. The average Bonchev–Trinajstić information content (AvgIpc) is 2.38. The van der Waals surface area contributed by atoms with E-state index >= 15 is 0 Å². The molecule has 0 bridgehead atoms. The van der Waals surface area contributed by atoms with Crippen LogP contribution >= 0.6 is 0 Å². The molecule has 0 saturated heterocycles. The highest BCUT2D eigenvalue weighted by Gasteiger charge is 2.29. The Kier molecular flexibility index (Phi) is 4.20. The van der Waals surface area contributed by atoms with E-state index in [0.29, 0.717) is 5.56 Å². The van der Waals surface area contributed by atoms with E-state index in [1.807, 2.05) is 37.9 Å². The highest BCUT2D eigenvalue weighted by atomic mass is 16.2. The molecule has 1 amide bonds. The second-order valence-electron chi connectivity index (χ2n) is 5.52. The number of nitrogens with two attached hydrogens (primary N) is 1. The molecule has 104 valence electrons. The molecule has 2 rings (SSSR count). The van der Waals surface area contributed by atoms with Crippen LogP contribution in [0.5, 0.6) is 0 Å². The van der Waals surface area contributed by atoms with Gasteiger partial charge in [-0.15, -0.1) is 0 Å². The molecule has 19 heavy (non-hydrogen) atoms. The highest BCUT2D eigenvalue weighted by Crippen LogP contribution is 2.22. The first-order valence-corrected chi connectivity index (χ1v) is 6.97. The van der Waals surface area contributed by atoms with Crippen LogP contribution < -0.4 is 5.73 Å². The quantitative estimate of drug-likeness (QED) is 0.886. The summed E-state index contributed by atoms with van der Waals surface area (Å²) >= 11 is 0. The van der Waals surface area contributed by atoms with Crippen molar-refractivity contribution in [3.05, 3.63) is 29.1 Å². The first kappa shape index (κ1) is 14.0. The summed E-state index contributed by atoms with van der Waals surface area (Å²) in [6.07, 6.45) is 4.33. The zero-order chi connectivity index (χ0) is 14.0. The summed E-state index contributed by atoms with van der Waals surface area (Å²) in [7, 11) is 1.86. The van der Waals surface area contributed by atoms with Gasteiger partial charge in [-0.3, -0.25) is 9.78 Å². The lowest BCUT2D eigenvalue weighted by Gasteiger charge is -2.36. The Balaban J connectivity index is 2.18. The van der Waals surface area contributed by atoms with Crippen LogP contribution in [0.15, 0.2) is 12.1 Å². The number of hydrogen-bond acceptors (Lipinski definition) is 3. The van der Waals surface area contributed by atoms with E-state index in [9.17, 15) is 4.79 Å². The lowest BCUT2D eigenvalue weighted by Crippen LogP contribution is -2.50. The van der Waals surface area contributed by atoms with Crippen LogP contribution in [-0.2, 0) is 0 Å². The van der Waals surface area contributed by atoms with Gasteiger partial charge < -0.3 is 10.6 Å². The molecule has 1 aromatic rings. The lowest BCUT2D eigenvalue weighted by molar-refractivity contribution is 0.0671. The van der Waals surface area contributed by atoms with Gasteiger partial charge in [0, 0.05) is 24.8 Å². The van der Waals surface area contributed by atoms with E-state index in [0.717, 1.165) is 30.7 Å². The minimum Gasteiger partial charge on any atom is -0.337 e. The minimum atomic E-state index is 0.0346. The number of pyridine rings is 1. The summed E-state index contributed by atoms with van der Waals surface area (Å²) in [4.78, 5) is 18.7. The summed E-state index contributed by atoms with van der Waals surface area (Å²) in [5.41, 5.74) is 8.56. The molecule has 0 aromatic carbocycles. The first-order valence-electron chi connectivity index (χ1n) is 6.97. The van der Waals surface area contributed by atoms with Gasteiger partial charge in [0.05, 0.1) is 11.3 Å². The Hall–Kier alpha value is -1.42. The summed E-state index contributed by atoms with van der Waals surface area (Å²) in [5, 5.41) is 0. The molecule has 0 spiro atoms. The van der Waals surface area contributed by atoms with Gasteiger partial charge in [0.25, 0.3) is 5.91 Å². The Morgan fingerprint density at radius 2 is 2.00 bits per heavy atom. The molecule has 1 fully saturated rings. The third kappa shape index (κ3) is 2.95. The van der Waals surface area contributed by atoms with Crippen molar-refractivity contribution in [3.63, 3.8) is 0 Å². The van der Waals surface area contributed by atoms with Gasteiger partial charge in [0.1, 0.15) is 0 Å². The zero-order valence-electron chi connectivity index (χ0n) is 12.0. The van der Waals surface area contributed by atoms with E-state index in [-0.39, 0.29) is 18.0 Å². The summed E-state index contributed by atoms with van der Waals surface area (Å²) in [6.45, 7) is 3.82. The van der Waals surface area contributed by atoms with Crippen molar-refractivity contribution >= 4 is 5.91 Å². The number of rotatable bonds is 2. The molecule has 1 aliphatic carbocycles. The van der Waals surface area contributed by atoms with Crippen molar-refractivity contribution in [2.24, 2.45) is 5.73 Å². The number of aromatic nitrogens is 1. The molecule has 0 radical (unpaired) electrons. The van der Waals surface area contributed by atoms with Crippen LogP contribution in [0.25, 0.3) is 0 Å². The summed E-state index contributed by atoms with van der Waals surface area (Å²) in [5.74, 6) is 0.0346. The van der Waals surface area contributed by atoms with Gasteiger partial charge in [-0.25, -0.2) is 0 Å². The molecule has 2 N–H and O–H groups in total. The summed E-state index contributed by atoms with van der Waals surface area (Å²) in [6, 6.07) is 4.00. The molecule has 1 aliphatic rings. The third-order valence-electron chi connectivity index (χ3n) is 4.05. The normalized spacial score (nSPS) is 23.2. The van der Waals surface area contributed by atoms with Crippen molar-refractivity contribution in [1.29, 1.82) is 0 Å². The largest absolute Gasteiger partial charge is 0.337 e. The Labute approximate surface area is 115 Å². The monoisotopic (exact) mass is 261 g/mol. The van der Waals surface area contributed by atoms with Gasteiger partial charge >= 0.3 is 0 Å². The Bertz CT molecular complexity index is 472. The molecule has 1 aromatic heterocycles. The van der Waals surface area contributed by atoms with E-state index < -0.39 is 0 Å². The molecular weight excluding hydrogens is 238 g/mol. The van der Waals surface area contributed by atoms with Crippen LogP contribution in [0.2, 0.25) is 0 Å². The Morgan fingerprint density at radius 3 is 2.63 bits per heavy atom. The van der Waals surface area contributed by atoms with E-state index in [4.69, 9.17) is 5.73 Å². The molecule has 4 heteroatoms. The maximum absolute atomic E-state index is 12.6. The van der Waals surface area contributed by atoms with E-state index in [2.05, 4.69) is 4.98 Å². The fraction of sp³-hybridized carbons (Fsp3) is 0.600. The molecule has 1 saturated carbocycles. The second-order valence-corrected chi connectivity index (χ2v) is 5.52. The van der Waals surface area contributed by atoms with Gasteiger partial charge in [-0.05, 0) is 38.8 Å². The molecule has 4 nitrogen and oxygen atoms in total. The average molecular weight is 261 g/mol. The van der Waals surface area contributed by atoms with E-state index in [1.54, 1.807) is 0 Å². The Morgan fingerprint density at radius 1 is 1.32 bits per heavy atom. The molecule has 1 heterocycles. The SMILES string of the molecule is Cc1ccc(C(=O)N(C)C2CCCCC2N)c(C)n1. The topological polar surface area (TPSA) is 59.2 Å². The maximum atomic E-state index is 12.6. The molecule has 2 unspecified atom stereocenters. The number of carbonyl (C=O) groups excluding carboxylic acids is 1. The summed E-state index contributed by atoms with van der Waals surface area (Å²) < 4.78 is 0. The van der Waals surface area contributed by atoms with Crippen molar-refractivity contribution in [2.75, 3.05) is 7.05 Å². The number of nitrogens with zero attached hydrogens (tertiary/aromatic N) is 2. The maximum Gasteiger partial charge on any atom is 0.255 e. The first-order chi connectivity index (χ1) is 9.00. The van der Waals surface area contributed by atoms with Crippen LogP contribution in [0.4, 0.5) is 0 Å². The zero-order valence-corrected chi connectivity index (χ0v) is 12.0. The standard InChI is InChI=1S/C15H23N3O/c1-10-8-9-12(11(2)17-10)15(19)18(3)14-7-5-4-6-13(14)16/h8-9,13-14H,4-7,16H2,1-3H3. The lowest BCUT2D eigenvalue weighted by atomic mass is 9.89. The fourth-order valence-electron chi connectivity index (χ4n) is 2.87. The second kappa shape index (κ2) is 5.70. The van der Waals surface area contributed by atoms with Gasteiger partial charge in [0.2, 0.25) is 0 Å². The fourth-order valence-corrected chi connectivity index (χ4v) is 2.87. The van der Waals surface area contributed by atoms with Crippen molar-refractivity contribution in [2.45, 2.75) is 51.6 Å². The van der Waals surface area contributed by atoms with Crippen molar-refractivity contribution in [1.82, 2.24) is 9.88 Å². The van der Waals surface area contributed by atoms with Crippen LogP contribution in [-0.4, -0.2) is 34.9 Å². The number of likely N-dealkylation sites (N-methyl/N-ethyl adjacent to an activating group) is 1. The predicted molar refractivity (Wildman–Crippen MR) is 76.0 cm³/mol. The predicted octanol–water partition coefficient (Wildman–Crippen LogP) is 2.04. The van der Waals surface area contributed by atoms with Crippen LogP contribution in [0, 0.1) is 13.8 Å². The number of carbonyl (C=O) groups is 1. The van der Waals surface area contributed by atoms with Crippen LogP contribution in [0.1, 0.15) is 47.4 Å². The van der Waals surface area contributed by atoms with Gasteiger partial charge in [-0.2, -0.15) is 0 Å². The number of hydrogen-bond donors (Lipinski definition) is 1. The minimum absolute atomic E-state index is 0.0346. The van der Waals surface area contributed by atoms with E-state index in [1.165, 1.54) is 6.42 Å². The number of aryl methyl sites for hydroxylation is 2. The molecule has 2 atom stereocenters. The van der Waals surface area contributed by atoms with Gasteiger partial charge in [0.15, 0.2) is 0 Å². The molecular formula is C15H23N3O. The van der Waals surface area contributed by atoms with Gasteiger partial charge in [-0.1, -0.05) is 12.8 Å². The van der Waals surface area contributed by atoms with Crippen LogP contribution in [0.3, 0.4) is 0 Å². The third-order valence-corrected chi connectivity index (χ3v) is 4.05. The number of amides is 1.